The summed E-state index contributed by atoms with van der Waals surface area (Å²) in [5.74, 6) is -0.0400. The van der Waals surface area contributed by atoms with E-state index in [1.54, 1.807) is 6.08 Å². The number of hydrogen-bond donors (Lipinski definition) is 0. The quantitative estimate of drug-likeness (QED) is 0.651. The lowest BCUT2D eigenvalue weighted by Crippen LogP contribution is -2.08. The predicted molar refractivity (Wildman–Crippen MR) is 50.8 cm³/mol. The van der Waals surface area contributed by atoms with Gasteiger partial charge in [-0.2, -0.15) is 13.7 Å². The maximum absolute atomic E-state index is 10.6. The Morgan fingerprint density at radius 1 is 1.79 bits per heavy atom. The van der Waals surface area contributed by atoms with Gasteiger partial charge in [0.1, 0.15) is 0 Å². The summed E-state index contributed by atoms with van der Waals surface area (Å²) < 4.78 is 25.6. The van der Waals surface area contributed by atoms with Crippen LogP contribution in [0, 0.1) is 17.2 Å². The van der Waals surface area contributed by atoms with E-state index in [4.69, 9.17) is 5.26 Å². The zero-order valence-electron chi connectivity index (χ0n) is 7.67. The highest BCUT2D eigenvalue weighted by atomic mass is 32.2. The van der Waals surface area contributed by atoms with Crippen molar-refractivity contribution in [2.75, 3.05) is 6.26 Å². The van der Waals surface area contributed by atoms with E-state index in [0.717, 1.165) is 6.26 Å². The molecule has 6 heteroatoms. The summed E-state index contributed by atoms with van der Waals surface area (Å²) in [6.07, 6.45) is 5.47. The maximum atomic E-state index is 10.6. The second kappa shape index (κ2) is 4.24. The van der Waals surface area contributed by atoms with Crippen LogP contribution >= 0.6 is 0 Å². The fourth-order valence-electron chi connectivity index (χ4n) is 1.12. The molecule has 0 heterocycles. The number of allylic oxidation sites excluding steroid dienone is 2. The van der Waals surface area contributed by atoms with Crippen molar-refractivity contribution < 1.29 is 12.7 Å². The lowest BCUT2D eigenvalue weighted by atomic mass is 10.0. The third-order valence-corrected chi connectivity index (χ3v) is 2.09. The molecule has 0 saturated heterocycles. The van der Waals surface area contributed by atoms with Gasteiger partial charge in [0.15, 0.2) is 0 Å². The molecule has 0 aromatic rings. The zero-order valence-corrected chi connectivity index (χ0v) is 8.49. The van der Waals surface area contributed by atoms with Crippen molar-refractivity contribution in [3.63, 3.8) is 0 Å². The molecule has 0 bridgehead atoms. The van der Waals surface area contributed by atoms with Gasteiger partial charge in [0.2, 0.25) is 0 Å². The molecule has 14 heavy (non-hydrogen) atoms. The van der Waals surface area contributed by atoms with Gasteiger partial charge < -0.3 is 0 Å². The molecule has 1 atom stereocenters. The molecule has 0 aliphatic heterocycles. The second-order valence-electron chi connectivity index (χ2n) is 2.99. The summed E-state index contributed by atoms with van der Waals surface area (Å²) in [4.78, 5) is 0. The molecule has 1 rings (SSSR count). The normalized spacial score (nSPS) is 23.7. The van der Waals surface area contributed by atoms with Gasteiger partial charge in [-0.3, -0.25) is 4.28 Å². The molecule has 0 amide bonds. The number of nitrogens with zero attached hydrogens (tertiary/aromatic N) is 2. The van der Waals surface area contributed by atoms with Gasteiger partial charge in [-0.25, -0.2) is 0 Å². The Morgan fingerprint density at radius 2 is 2.50 bits per heavy atom. The van der Waals surface area contributed by atoms with Crippen LogP contribution in [0.4, 0.5) is 0 Å². The minimum atomic E-state index is -3.55. The average molecular weight is 214 g/mol. The first-order valence-corrected chi connectivity index (χ1v) is 5.84. The topological polar surface area (TPSA) is 79.5 Å². The summed E-state index contributed by atoms with van der Waals surface area (Å²) in [5, 5.41) is 12.0. The molecular formula is C8H10N2O3S. The molecule has 0 spiro atoms. The summed E-state index contributed by atoms with van der Waals surface area (Å²) in [6, 6.07) is 2.01. The third kappa shape index (κ3) is 3.18. The minimum Gasteiger partial charge on any atom is -0.268 e. The van der Waals surface area contributed by atoms with E-state index in [1.165, 1.54) is 0 Å². The third-order valence-electron chi connectivity index (χ3n) is 1.74. The van der Waals surface area contributed by atoms with Crippen molar-refractivity contribution >= 4 is 15.8 Å². The van der Waals surface area contributed by atoms with Crippen molar-refractivity contribution in [3.05, 3.63) is 12.2 Å². The summed E-state index contributed by atoms with van der Waals surface area (Å²) in [7, 11) is -3.55. The van der Waals surface area contributed by atoms with E-state index >= 15 is 0 Å². The van der Waals surface area contributed by atoms with E-state index in [0.29, 0.717) is 18.6 Å². The molecule has 0 aromatic heterocycles. The van der Waals surface area contributed by atoms with Gasteiger partial charge >= 0.3 is 10.1 Å². The van der Waals surface area contributed by atoms with E-state index < -0.39 is 10.1 Å². The maximum Gasteiger partial charge on any atom is 0.325 e. The first-order valence-electron chi connectivity index (χ1n) is 4.03. The monoisotopic (exact) mass is 214 g/mol. The number of hydrogen-bond acceptors (Lipinski definition) is 5. The highest BCUT2D eigenvalue weighted by Gasteiger charge is 2.18. The Kier molecular flexibility index (Phi) is 3.25. The van der Waals surface area contributed by atoms with E-state index in [-0.39, 0.29) is 5.92 Å². The van der Waals surface area contributed by atoms with Gasteiger partial charge in [0.05, 0.1) is 18.0 Å². The Balaban J connectivity index is 2.68. The standard InChI is InChI=1S/C8H10N2O3S/c1-14(11,12)13-10-8-4-2-3-7(8)5-6-9/h2,4,7H,3,5H2,1H3. The average Bonchev–Trinajstić information content (AvgIpc) is 2.48. The van der Waals surface area contributed by atoms with Gasteiger partial charge in [-0.05, 0) is 12.5 Å². The van der Waals surface area contributed by atoms with Crippen molar-refractivity contribution in [3.8, 4) is 6.07 Å². The van der Waals surface area contributed by atoms with Crippen LogP contribution in [0.15, 0.2) is 17.3 Å². The molecule has 1 aliphatic carbocycles. The first kappa shape index (κ1) is 10.7. The molecule has 1 aliphatic rings. The Morgan fingerprint density at radius 3 is 3.07 bits per heavy atom. The van der Waals surface area contributed by atoms with Crippen LogP contribution in [0.1, 0.15) is 12.8 Å². The Labute approximate surface area is 82.8 Å². The van der Waals surface area contributed by atoms with Gasteiger partial charge in [-0.15, -0.1) is 0 Å². The fourth-order valence-corrected chi connectivity index (χ4v) is 1.35. The lowest BCUT2D eigenvalue weighted by Gasteiger charge is -2.04. The van der Waals surface area contributed by atoms with Crippen LogP contribution in [0.5, 0.6) is 0 Å². The SMILES string of the molecule is CS(=O)(=O)ON=C1C=CCC1CC#N. The van der Waals surface area contributed by atoms with Crippen LogP contribution in [-0.2, 0) is 14.4 Å². The zero-order chi connectivity index (χ0) is 10.6. The molecule has 0 aromatic carbocycles. The molecule has 0 N–H and O–H groups in total. The van der Waals surface area contributed by atoms with Gasteiger partial charge in [-0.1, -0.05) is 11.2 Å². The summed E-state index contributed by atoms with van der Waals surface area (Å²) in [6.45, 7) is 0. The predicted octanol–water partition coefficient (Wildman–Crippen LogP) is 0.808. The van der Waals surface area contributed by atoms with Crippen LogP contribution in [0.2, 0.25) is 0 Å². The van der Waals surface area contributed by atoms with E-state index in [9.17, 15) is 8.42 Å². The molecule has 0 saturated carbocycles. The van der Waals surface area contributed by atoms with Gasteiger partial charge in [0.25, 0.3) is 0 Å². The van der Waals surface area contributed by atoms with Crippen molar-refractivity contribution in [2.45, 2.75) is 12.8 Å². The minimum absolute atomic E-state index is 0.0400. The molecule has 0 radical (unpaired) electrons. The largest absolute Gasteiger partial charge is 0.325 e. The molecule has 5 nitrogen and oxygen atoms in total. The van der Waals surface area contributed by atoms with Crippen LogP contribution in [0.3, 0.4) is 0 Å². The first-order chi connectivity index (χ1) is 6.53. The Bertz CT molecular complexity index is 403. The highest BCUT2D eigenvalue weighted by Crippen LogP contribution is 2.19. The van der Waals surface area contributed by atoms with E-state index in [2.05, 4.69) is 9.44 Å². The van der Waals surface area contributed by atoms with Crippen LogP contribution in [0.25, 0.3) is 0 Å². The molecule has 0 fully saturated rings. The van der Waals surface area contributed by atoms with Gasteiger partial charge in [0, 0.05) is 12.3 Å². The van der Waals surface area contributed by atoms with Crippen molar-refractivity contribution in [1.82, 2.24) is 0 Å². The molecular weight excluding hydrogens is 204 g/mol. The number of rotatable bonds is 3. The van der Waals surface area contributed by atoms with Crippen LogP contribution < -0.4 is 0 Å². The number of oxime groups is 1. The molecule has 1 unspecified atom stereocenters. The molecule has 76 valence electrons. The summed E-state index contributed by atoms with van der Waals surface area (Å²) in [5.41, 5.74) is 0.511. The smallest absolute Gasteiger partial charge is 0.268 e. The van der Waals surface area contributed by atoms with Crippen LogP contribution in [-0.4, -0.2) is 20.4 Å². The Hall–Kier alpha value is -1.35. The highest BCUT2D eigenvalue weighted by molar-refractivity contribution is 7.85. The summed E-state index contributed by atoms with van der Waals surface area (Å²) >= 11 is 0. The van der Waals surface area contributed by atoms with Crippen molar-refractivity contribution in [2.24, 2.45) is 11.1 Å². The number of nitriles is 1. The fraction of sp³-hybridized carbons (Fsp3) is 0.500. The van der Waals surface area contributed by atoms with Crippen molar-refractivity contribution in [1.29, 1.82) is 5.26 Å². The lowest BCUT2D eigenvalue weighted by molar-refractivity contribution is 0.340. The van der Waals surface area contributed by atoms with E-state index in [1.807, 2.05) is 12.1 Å². The second-order valence-corrected chi connectivity index (χ2v) is 4.55.